The Bertz CT molecular complexity index is 561. The van der Waals surface area contributed by atoms with Crippen LogP contribution in [0.1, 0.15) is 12.0 Å². The highest BCUT2D eigenvalue weighted by atomic mass is 127. The van der Waals surface area contributed by atoms with Gasteiger partial charge in [-0.1, -0.05) is 6.07 Å². The van der Waals surface area contributed by atoms with Gasteiger partial charge in [0.25, 0.3) is 0 Å². The van der Waals surface area contributed by atoms with E-state index in [1.54, 1.807) is 0 Å². The van der Waals surface area contributed by atoms with Gasteiger partial charge in [-0.3, -0.25) is 4.99 Å². The van der Waals surface area contributed by atoms with Crippen molar-refractivity contribution in [2.24, 2.45) is 4.99 Å². The summed E-state index contributed by atoms with van der Waals surface area (Å²) in [6, 6.07) is 8.67. The molecule has 0 saturated carbocycles. The van der Waals surface area contributed by atoms with Crippen LogP contribution in [-0.2, 0) is 6.42 Å². The van der Waals surface area contributed by atoms with Crippen molar-refractivity contribution >= 4 is 40.8 Å². The van der Waals surface area contributed by atoms with E-state index in [1.165, 1.54) is 16.5 Å². The van der Waals surface area contributed by atoms with Crippen LogP contribution in [0, 0.1) is 0 Å². The topological polar surface area (TPSA) is 52.2 Å². The van der Waals surface area contributed by atoms with Gasteiger partial charge in [0.2, 0.25) is 0 Å². The second-order valence-electron chi connectivity index (χ2n) is 4.59. The number of H-pyrrole nitrogens is 1. The quantitative estimate of drug-likeness (QED) is 0.727. The molecule has 2 aromatic rings. The van der Waals surface area contributed by atoms with Crippen molar-refractivity contribution in [1.82, 2.24) is 15.6 Å². The van der Waals surface area contributed by atoms with E-state index in [-0.39, 0.29) is 24.0 Å². The number of fused-ring (bicyclic) bond motifs is 1. The lowest BCUT2D eigenvalue weighted by Gasteiger charge is -2.15. The van der Waals surface area contributed by atoms with Crippen molar-refractivity contribution in [2.75, 3.05) is 19.6 Å². The van der Waals surface area contributed by atoms with E-state index in [9.17, 15) is 0 Å². The minimum absolute atomic E-state index is 0. The molecule has 0 fully saturated rings. The molecule has 0 unspecified atom stereocenters. The van der Waals surface area contributed by atoms with Crippen LogP contribution in [-0.4, -0.2) is 30.6 Å². The fourth-order valence-electron chi connectivity index (χ4n) is 2.23. The average Bonchev–Trinajstić information content (AvgIpc) is 2.87. The first-order valence-corrected chi connectivity index (χ1v) is 6.50. The fourth-order valence-corrected chi connectivity index (χ4v) is 2.23. The van der Waals surface area contributed by atoms with Crippen LogP contribution in [0.2, 0.25) is 0 Å². The Morgan fingerprint density at radius 2 is 2.21 bits per heavy atom. The molecule has 4 nitrogen and oxygen atoms in total. The number of guanidine groups is 1. The summed E-state index contributed by atoms with van der Waals surface area (Å²) < 4.78 is 0. The molecule has 1 aliphatic heterocycles. The second-order valence-corrected chi connectivity index (χ2v) is 4.59. The predicted molar refractivity (Wildman–Crippen MR) is 90.3 cm³/mol. The molecule has 3 N–H and O–H groups in total. The van der Waals surface area contributed by atoms with Crippen molar-refractivity contribution in [3.63, 3.8) is 0 Å². The summed E-state index contributed by atoms with van der Waals surface area (Å²) in [5.41, 5.74) is 2.55. The standard InChI is InChI=1S/C14H18N4.HI/c1-6-16-14(17-7-1)18-8-4-11-2-3-13-12(10-11)5-9-15-13;/h2-3,5,9-10,15H,1,4,6-8H2,(H2,16,17,18);1H. The van der Waals surface area contributed by atoms with Crippen molar-refractivity contribution in [3.8, 4) is 0 Å². The Morgan fingerprint density at radius 1 is 1.26 bits per heavy atom. The lowest BCUT2D eigenvalue weighted by molar-refractivity contribution is 0.700. The van der Waals surface area contributed by atoms with Crippen molar-refractivity contribution in [1.29, 1.82) is 0 Å². The monoisotopic (exact) mass is 370 g/mol. The van der Waals surface area contributed by atoms with Crippen LogP contribution in [0.15, 0.2) is 35.5 Å². The van der Waals surface area contributed by atoms with E-state index in [1.807, 2.05) is 6.20 Å². The first-order valence-electron chi connectivity index (χ1n) is 6.50. The molecule has 5 heteroatoms. The van der Waals surface area contributed by atoms with Gasteiger partial charge in [0.15, 0.2) is 5.96 Å². The summed E-state index contributed by atoms with van der Waals surface area (Å²) in [4.78, 5) is 7.60. The molecule has 0 bridgehead atoms. The highest BCUT2D eigenvalue weighted by Gasteiger charge is 2.03. The molecule has 3 rings (SSSR count). The fraction of sp³-hybridized carbons (Fsp3) is 0.357. The van der Waals surface area contributed by atoms with Gasteiger partial charge in [-0.2, -0.15) is 0 Å². The van der Waals surface area contributed by atoms with Gasteiger partial charge in [0.05, 0.1) is 0 Å². The highest BCUT2D eigenvalue weighted by Crippen LogP contribution is 2.14. The number of nitrogens with one attached hydrogen (secondary N) is 3. The first kappa shape index (κ1) is 14.2. The number of rotatable bonds is 3. The van der Waals surface area contributed by atoms with Gasteiger partial charge >= 0.3 is 0 Å². The highest BCUT2D eigenvalue weighted by molar-refractivity contribution is 14.0. The second kappa shape index (κ2) is 6.79. The summed E-state index contributed by atoms with van der Waals surface area (Å²) >= 11 is 0. The third-order valence-corrected chi connectivity index (χ3v) is 3.22. The molecule has 1 aromatic heterocycles. The maximum Gasteiger partial charge on any atom is 0.191 e. The third-order valence-electron chi connectivity index (χ3n) is 3.22. The molecule has 19 heavy (non-hydrogen) atoms. The number of nitrogens with zero attached hydrogens (tertiary/aromatic N) is 1. The van der Waals surface area contributed by atoms with Crippen molar-refractivity contribution in [2.45, 2.75) is 12.8 Å². The summed E-state index contributed by atoms with van der Waals surface area (Å²) in [5.74, 6) is 0.948. The number of aliphatic imine (C=N–C) groups is 1. The number of hydrogen-bond acceptors (Lipinski definition) is 3. The Kier molecular flexibility index (Phi) is 5.07. The van der Waals surface area contributed by atoms with Crippen LogP contribution in [0.4, 0.5) is 0 Å². The number of hydrogen-bond donors (Lipinski definition) is 3. The average molecular weight is 370 g/mol. The molecule has 0 aliphatic carbocycles. The summed E-state index contributed by atoms with van der Waals surface area (Å²) in [6.45, 7) is 2.88. The van der Waals surface area contributed by atoms with Crippen LogP contribution in [0.5, 0.6) is 0 Å². The number of aromatic nitrogens is 1. The van der Waals surface area contributed by atoms with Gasteiger partial charge in [-0.15, -0.1) is 24.0 Å². The minimum Gasteiger partial charge on any atom is -0.361 e. The predicted octanol–water partition coefficient (Wildman–Crippen LogP) is 2.27. The Morgan fingerprint density at radius 3 is 3.05 bits per heavy atom. The van der Waals surface area contributed by atoms with Crippen LogP contribution in [0.25, 0.3) is 10.9 Å². The van der Waals surface area contributed by atoms with Gasteiger partial charge in [-0.25, -0.2) is 0 Å². The van der Waals surface area contributed by atoms with E-state index in [4.69, 9.17) is 0 Å². The molecule has 0 radical (unpaired) electrons. The molecular weight excluding hydrogens is 351 g/mol. The maximum absolute atomic E-state index is 4.39. The zero-order chi connectivity index (χ0) is 12.2. The minimum atomic E-state index is 0. The molecule has 1 aromatic carbocycles. The van der Waals surface area contributed by atoms with Gasteiger partial charge in [0.1, 0.15) is 0 Å². The molecule has 0 atom stereocenters. The number of halogens is 1. The van der Waals surface area contributed by atoms with Crippen molar-refractivity contribution < 1.29 is 0 Å². The summed E-state index contributed by atoms with van der Waals surface area (Å²) in [5, 5.41) is 7.89. The molecular formula is C14H19IN4. The molecule has 0 saturated heterocycles. The summed E-state index contributed by atoms with van der Waals surface area (Å²) in [6.07, 6.45) is 4.13. The zero-order valence-corrected chi connectivity index (χ0v) is 13.1. The Balaban J connectivity index is 0.00000133. The van der Waals surface area contributed by atoms with E-state index >= 15 is 0 Å². The zero-order valence-electron chi connectivity index (χ0n) is 10.8. The van der Waals surface area contributed by atoms with Gasteiger partial charge in [0, 0.05) is 31.3 Å². The van der Waals surface area contributed by atoms with E-state index < -0.39 is 0 Å². The van der Waals surface area contributed by atoms with E-state index in [0.29, 0.717) is 0 Å². The van der Waals surface area contributed by atoms with Crippen LogP contribution in [0.3, 0.4) is 0 Å². The largest absolute Gasteiger partial charge is 0.361 e. The molecule has 0 spiro atoms. The Hall–Kier alpha value is -1.24. The van der Waals surface area contributed by atoms with Crippen LogP contribution < -0.4 is 10.6 Å². The van der Waals surface area contributed by atoms with Crippen LogP contribution >= 0.6 is 24.0 Å². The molecule has 0 amide bonds. The van der Waals surface area contributed by atoms with E-state index in [0.717, 1.165) is 38.4 Å². The number of benzene rings is 1. The lowest BCUT2D eigenvalue weighted by Crippen LogP contribution is -2.41. The maximum atomic E-state index is 4.39. The summed E-state index contributed by atoms with van der Waals surface area (Å²) in [7, 11) is 0. The Labute approximate surface area is 130 Å². The smallest absolute Gasteiger partial charge is 0.191 e. The molecule has 1 aliphatic rings. The SMILES string of the molecule is I.c1cc2cc(CCNC3=NCCCN3)ccc2[nH]1. The lowest BCUT2D eigenvalue weighted by atomic mass is 10.1. The third kappa shape index (κ3) is 3.62. The molecule has 2 heterocycles. The van der Waals surface area contributed by atoms with E-state index in [2.05, 4.69) is 44.9 Å². The van der Waals surface area contributed by atoms with Crippen molar-refractivity contribution in [3.05, 3.63) is 36.0 Å². The normalized spacial score (nSPS) is 14.4. The van der Waals surface area contributed by atoms with Gasteiger partial charge < -0.3 is 15.6 Å². The molecule has 102 valence electrons. The first-order chi connectivity index (χ1) is 8.92. The number of aromatic amines is 1. The van der Waals surface area contributed by atoms with Gasteiger partial charge in [-0.05, 0) is 42.0 Å².